The van der Waals surface area contributed by atoms with Gasteiger partial charge in [-0.05, 0) is 56.2 Å². The number of anilines is 2. The number of rotatable bonds is 5. The highest BCUT2D eigenvalue weighted by Gasteiger charge is 2.25. The van der Waals surface area contributed by atoms with E-state index in [4.69, 9.17) is 0 Å². The molecule has 26 heavy (non-hydrogen) atoms. The molecule has 1 aliphatic carbocycles. The number of hydrogen-bond donors (Lipinski definition) is 1. The summed E-state index contributed by atoms with van der Waals surface area (Å²) in [6.07, 6.45) is 12.9. The fourth-order valence-electron chi connectivity index (χ4n) is 3.86. The van der Waals surface area contributed by atoms with Crippen LogP contribution in [0.4, 0.5) is 11.4 Å². The second-order valence-electron chi connectivity index (χ2n) is 7.08. The number of nitrogens with zero attached hydrogens (tertiary/aromatic N) is 2. The number of aromatic nitrogens is 1. The number of hydrogen-bond acceptors (Lipinski definition) is 3. The van der Waals surface area contributed by atoms with E-state index in [1.54, 1.807) is 18.0 Å². The van der Waals surface area contributed by atoms with E-state index in [2.05, 4.69) is 22.4 Å². The SMILES string of the molecule is O=C(c1cncc(NCCC2=CCCCC2)c1)N1CCc2ccccc21. The fraction of sp³-hybridized carbons (Fsp3) is 0.364. The van der Waals surface area contributed by atoms with Gasteiger partial charge in [0, 0.05) is 31.2 Å². The van der Waals surface area contributed by atoms with Gasteiger partial charge in [-0.2, -0.15) is 0 Å². The Balaban J connectivity index is 1.41. The van der Waals surface area contributed by atoms with E-state index >= 15 is 0 Å². The highest BCUT2D eigenvalue weighted by molar-refractivity contribution is 6.07. The van der Waals surface area contributed by atoms with Crippen molar-refractivity contribution in [2.24, 2.45) is 0 Å². The van der Waals surface area contributed by atoms with Gasteiger partial charge in [0.15, 0.2) is 0 Å². The Labute approximate surface area is 154 Å². The largest absolute Gasteiger partial charge is 0.383 e. The van der Waals surface area contributed by atoms with Gasteiger partial charge in [-0.25, -0.2) is 0 Å². The minimum Gasteiger partial charge on any atom is -0.383 e. The predicted octanol–water partition coefficient (Wildman–Crippen LogP) is 4.59. The first-order valence-electron chi connectivity index (χ1n) is 9.58. The molecule has 1 amide bonds. The summed E-state index contributed by atoms with van der Waals surface area (Å²) in [6.45, 7) is 1.63. The molecule has 4 rings (SSSR count). The zero-order valence-corrected chi connectivity index (χ0v) is 15.1. The molecule has 0 unspecified atom stereocenters. The van der Waals surface area contributed by atoms with Gasteiger partial charge in [0.1, 0.15) is 0 Å². The average molecular weight is 347 g/mol. The molecule has 2 aromatic rings. The first kappa shape index (κ1) is 16.8. The van der Waals surface area contributed by atoms with E-state index < -0.39 is 0 Å². The van der Waals surface area contributed by atoms with Gasteiger partial charge in [0.2, 0.25) is 0 Å². The maximum absolute atomic E-state index is 12.9. The third-order valence-electron chi connectivity index (χ3n) is 5.28. The van der Waals surface area contributed by atoms with Crippen LogP contribution in [-0.4, -0.2) is 24.0 Å². The number of para-hydroxylation sites is 1. The van der Waals surface area contributed by atoms with Gasteiger partial charge in [0.05, 0.1) is 11.3 Å². The Bertz CT molecular complexity index is 828. The zero-order chi connectivity index (χ0) is 17.8. The quantitative estimate of drug-likeness (QED) is 0.805. The van der Waals surface area contributed by atoms with E-state index in [9.17, 15) is 4.79 Å². The number of benzene rings is 1. The molecule has 0 spiro atoms. The predicted molar refractivity (Wildman–Crippen MR) is 106 cm³/mol. The van der Waals surface area contributed by atoms with E-state index in [1.807, 2.05) is 29.2 Å². The van der Waals surface area contributed by atoms with Crippen molar-refractivity contribution < 1.29 is 4.79 Å². The molecule has 0 saturated heterocycles. The molecule has 1 aromatic heterocycles. The maximum atomic E-state index is 12.9. The minimum atomic E-state index is 0.0288. The summed E-state index contributed by atoms with van der Waals surface area (Å²) in [6, 6.07) is 10.1. The van der Waals surface area contributed by atoms with E-state index in [0.717, 1.165) is 37.3 Å². The summed E-state index contributed by atoms with van der Waals surface area (Å²) in [5.41, 5.74) is 5.38. The normalized spacial score (nSPS) is 16.2. The average Bonchev–Trinajstić information content (AvgIpc) is 3.13. The lowest BCUT2D eigenvalue weighted by molar-refractivity contribution is 0.0989. The second-order valence-corrected chi connectivity index (χ2v) is 7.08. The van der Waals surface area contributed by atoms with Gasteiger partial charge in [0.25, 0.3) is 5.91 Å². The fourth-order valence-corrected chi connectivity index (χ4v) is 3.86. The summed E-state index contributed by atoms with van der Waals surface area (Å²) in [5, 5.41) is 3.42. The molecule has 0 radical (unpaired) electrons. The summed E-state index contributed by atoms with van der Waals surface area (Å²) >= 11 is 0. The summed E-state index contributed by atoms with van der Waals surface area (Å²) in [7, 11) is 0. The Morgan fingerprint density at radius 2 is 2.08 bits per heavy atom. The van der Waals surface area contributed by atoms with Crippen molar-refractivity contribution in [3.63, 3.8) is 0 Å². The van der Waals surface area contributed by atoms with Crippen LogP contribution in [0.3, 0.4) is 0 Å². The Hall–Kier alpha value is -2.62. The lowest BCUT2D eigenvalue weighted by atomic mass is 9.97. The van der Waals surface area contributed by atoms with Crippen LogP contribution >= 0.6 is 0 Å². The molecule has 0 fully saturated rings. The van der Waals surface area contributed by atoms with Crippen LogP contribution in [0.5, 0.6) is 0 Å². The number of carbonyl (C=O) groups is 1. The molecule has 0 bridgehead atoms. The Morgan fingerprint density at radius 3 is 2.96 bits per heavy atom. The van der Waals surface area contributed by atoms with E-state index in [0.29, 0.717) is 5.56 Å². The van der Waals surface area contributed by atoms with Crippen LogP contribution in [-0.2, 0) is 6.42 Å². The molecule has 4 heteroatoms. The molecule has 2 aliphatic rings. The Kier molecular flexibility index (Phi) is 5.00. The number of allylic oxidation sites excluding steroid dienone is 1. The number of fused-ring (bicyclic) bond motifs is 1. The minimum absolute atomic E-state index is 0.0288. The molecule has 2 heterocycles. The van der Waals surface area contributed by atoms with Crippen molar-refractivity contribution in [2.45, 2.75) is 38.5 Å². The van der Waals surface area contributed by atoms with Crippen LogP contribution in [0.15, 0.2) is 54.4 Å². The molecule has 1 aromatic carbocycles. The third kappa shape index (κ3) is 3.64. The van der Waals surface area contributed by atoms with Crippen molar-refractivity contribution in [1.29, 1.82) is 0 Å². The molecule has 0 atom stereocenters. The highest BCUT2D eigenvalue weighted by Crippen LogP contribution is 2.29. The van der Waals surface area contributed by atoms with Crippen LogP contribution in [0.25, 0.3) is 0 Å². The van der Waals surface area contributed by atoms with E-state index in [1.165, 1.54) is 31.2 Å². The number of pyridine rings is 1. The van der Waals surface area contributed by atoms with Gasteiger partial charge < -0.3 is 10.2 Å². The maximum Gasteiger partial charge on any atom is 0.259 e. The highest BCUT2D eigenvalue weighted by atomic mass is 16.2. The molecule has 1 N–H and O–H groups in total. The van der Waals surface area contributed by atoms with Gasteiger partial charge in [-0.15, -0.1) is 0 Å². The summed E-state index contributed by atoms with van der Waals surface area (Å²) < 4.78 is 0. The molecule has 134 valence electrons. The first-order valence-corrected chi connectivity index (χ1v) is 9.58. The van der Waals surface area contributed by atoms with Crippen molar-refractivity contribution in [3.05, 3.63) is 65.5 Å². The zero-order valence-electron chi connectivity index (χ0n) is 15.1. The molecular formula is C22H25N3O. The lowest BCUT2D eigenvalue weighted by Gasteiger charge is -2.18. The van der Waals surface area contributed by atoms with Crippen molar-refractivity contribution >= 4 is 17.3 Å². The first-order chi connectivity index (χ1) is 12.8. The van der Waals surface area contributed by atoms with Crippen molar-refractivity contribution in [1.82, 2.24) is 4.98 Å². The van der Waals surface area contributed by atoms with Gasteiger partial charge in [-0.1, -0.05) is 29.8 Å². The molecular weight excluding hydrogens is 322 g/mol. The Morgan fingerprint density at radius 1 is 1.15 bits per heavy atom. The third-order valence-corrected chi connectivity index (χ3v) is 5.28. The standard InChI is InChI=1S/C22H25N3O/c26-22(25-13-11-18-8-4-5-9-21(18)25)19-14-20(16-23-15-19)24-12-10-17-6-2-1-3-7-17/h4-6,8-9,14-16,24H,1-3,7,10-13H2. The topological polar surface area (TPSA) is 45.2 Å². The van der Waals surface area contributed by atoms with Gasteiger partial charge in [-0.3, -0.25) is 9.78 Å². The second kappa shape index (κ2) is 7.73. The van der Waals surface area contributed by atoms with Crippen molar-refractivity contribution in [3.8, 4) is 0 Å². The number of carbonyl (C=O) groups excluding carboxylic acids is 1. The number of nitrogens with one attached hydrogen (secondary N) is 1. The summed E-state index contributed by atoms with van der Waals surface area (Å²) in [5.74, 6) is 0.0288. The van der Waals surface area contributed by atoms with Crippen LogP contribution < -0.4 is 10.2 Å². The molecule has 0 saturated carbocycles. The van der Waals surface area contributed by atoms with Crippen LogP contribution in [0.1, 0.15) is 48.0 Å². The summed E-state index contributed by atoms with van der Waals surface area (Å²) in [4.78, 5) is 19.1. The monoisotopic (exact) mass is 347 g/mol. The van der Waals surface area contributed by atoms with Crippen LogP contribution in [0.2, 0.25) is 0 Å². The molecule has 4 nitrogen and oxygen atoms in total. The van der Waals surface area contributed by atoms with E-state index in [-0.39, 0.29) is 5.91 Å². The van der Waals surface area contributed by atoms with Gasteiger partial charge >= 0.3 is 0 Å². The lowest BCUT2D eigenvalue weighted by Crippen LogP contribution is -2.29. The van der Waals surface area contributed by atoms with Crippen molar-refractivity contribution in [2.75, 3.05) is 23.3 Å². The molecule has 1 aliphatic heterocycles. The smallest absolute Gasteiger partial charge is 0.259 e. The number of amides is 1. The van der Waals surface area contributed by atoms with Crippen LogP contribution in [0, 0.1) is 0 Å².